The molecule has 2 fully saturated rings. The van der Waals surface area contributed by atoms with Crippen molar-refractivity contribution in [3.05, 3.63) is 33.8 Å². The molecule has 4 heteroatoms. The minimum atomic E-state index is 0.208. The van der Waals surface area contributed by atoms with Gasteiger partial charge in [-0.2, -0.15) is 0 Å². The fourth-order valence-electron chi connectivity index (χ4n) is 3.85. The summed E-state index contributed by atoms with van der Waals surface area (Å²) in [5.41, 5.74) is 1.54. The van der Waals surface area contributed by atoms with Crippen LogP contribution in [0.2, 0.25) is 10.0 Å². The molecular weight excluding hydrogens is 281 g/mol. The van der Waals surface area contributed by atoms with Gasteiger partial charge in [0.15, 0.2) is 0 Å². The van der Waals surface area contributed by atoms with Crippen molar-refractivity contribution in [1.82, 2.24) is 5.32 Å². The highest BCUT2D eigenvalue weighted by molar-refractivity contribution is 6.42. The Balaban J connectivity index is 2.00. The topological polar surface area (TPSA) is 21.3 Å². The number of rotatable bonds is 3. The van der Waals surface area contributed by atoms with Crippen molar-refractivity contribution in [2.75, 3.05) is 20.3 Å². The molecule has 0 spiro atoms. The molecule has 1 heterocycles. The molecular formula is C15H19Cl2NO. The van der Waals surface area contributed by atoms with E-state index in [0.717, 1.165) is 13.2 Å². The Morgan fingerprint density at radius 3 is 2.95 bits per heavy atom. The molecule has 104 valence electrons. The van der Waals surface area contributed by atoms with Gasteiger partial charge in [0.2, 0.25) is 0 Å². The van der Waals surface area contributed by atoms with Crippen molar-refractivity contribution in [3.63, 3.8) is 0 Å². The molecule has 0 aromatic heterocycles. The summed E-state index contributed by atoms with van der Waals surface area (Å²) >= 11 is 12.3. The van der Waals surface area contributed by atoms with Gasteiger partial charge in [0.1, 0.15) is 0 Å². The first-order valence-electron chi connectivity index (χ1n) is 6.83. The lowest BCUT2D eigenvalue weighted by atomic mass is 9.67. The average molecular weight is 300 g/mol. The first-order chi connectivity index (χ1) is 9.15. The monoisotopic (exact) mass is 299 g/mol. The predicted octanol–water partition coefficient (Wildman–Crippen LogP) is 3.65. The van der Waals surface area contributed by atoms with Gasteiger partial charge in [-0.1, -0.05) is 29.3 Å². The van der Waals surface area contributed by atoms with Gasteiger partial charge in [0.05, 0.1) is 16.7 Å². The van der Waals surface area contributed by atoms with E-state index in [9.17, 15) is 0 Å². The third kappa shape index (κ3) is 2.29. The largest absolute Gasteiger partial charge is 0.384 e. The Hall–Kier alpha value is -0.280. The van der Waals surface area contributed by atoms with Crippen LogP contribution in [-0.4, -0.2) is 26.3 Å². The van der Waals surface area contributed by atoms with Crippen molar-refractivity contribution < 1.29 is 4.74 Å². The number of hydrogen-bond donors (Lipinski definition) is 1. The second kappa shape index (κ2) is 5.25. The van der Waals surface area contributed by atoms with Crippen molar-refractivity contribution >= 4 is 23.2 Å². The molecule has 1 aliphatic carbocycles. The maximum Gasteiger partial charge on any atom is 0.0595 e. The summed E-state index contributed by atoms with van der Waals surface area (Å²) < 4.78 is 5.43. The van der Waals surface area contributed by atoms with Crippen LogP contribution in [0.15, 0.2) is 18.2 Å². The molecule has 3 rings (SSSR count). The molecule has 0 unspecified atom stereocenters. The summed E-state index contributed by atoms with van der Waals surface area (Å²) in [5.74, 6) is 0.508. The lowest BCUT2D eigenvalue weighted by Gasteiger charge is -2.42. The normalized spacial score (nSPS) is 33.6. The van der Waals surface area contributed by atoms with E-state index in [4.69, 9.17) is 27.9 Å². The summed E-state index contributed by atoms with van der Waals surface area (Å²) in [6, 6.07) is 6.76. The summed E-state index contributed by atoms with van der Waals surface area (Å²) in [6.07, 6.45) is 3.62. The third-order valence-electron chi connectivity index (χ3n) is 4.85. The molecule has 1 saturated carbocycles. The van der Waals surface area contributed by atoms with Crippen LogP contribution in [0.4, 0.5) is 0 Å². The smallest absolute Gasteiger partial charge is 0.0595 e. The summed E-state index contributed by atoms with van der Waals surface area (Å²) in [7, 11) is 1.78. The number of ether oxygens (including phenoxy) is 1. The Morgan fingerprint density at radius 2 is 2.21 bits per heavy atom. The Kier molecular flexibility index (Phi) is 3.78. The number of fused-ring (bicyclic) bond motifs is 2. The van der Waals surface area contributed by atoms with E-state index in [-0.39, 0.29) is 5.41 Å². The molecule has 2 aliphatic rings. The molecule has 2 nitrogen and oxygen atoms in total. The highest BCUT2D eigenvalue weighted by atomic mass is 35.5. The first-order valence-corrected chi connectivity index (χ1v) is 7.59. The van der Waals surface area contributed by atoms with E-state index in [0.29, 0.717) is 22.0 Å². The molecule has 1 aromatic carbocycles. The van der Waals surface area contributed by atoms with Crippen molar-refractivity contribution in [3.8, 4) is 0 Å². The van der Waals surface area contributed by atoms with Gasteiger partial charge in [-0.05, 0) is 37.0 Å². The Labute approximate surface area is 124 Å². The molecule has 2 bridgehead atoms. The zero-order valence-corrected chi connectivity index (χ0v) is 12.6. The number of benzene rings is 1. The highest BCUT2D eigenvalue weighted by Gasteiger charge is 2.49. The molecule has 3 atom stereocenters. The standard InChI is InChI=1S/C15H19Cl2NO/c1-19-9-11-8-18-12-4-5-15(11,7-12)10-2-3-13(16)14(17)6-10/h2-3,6,11-12,18H,4-5,7-9H2,1H3/t11-,12-,15+/m1/s1. The Morgan fingerprint density at radius 1 is 1.37 bits per heavy atom. The van der Waals surface area contributed by atoms with Crippen LogP contribution in [0.25, 0.3) is 0 Å². The fraction of sp³-hybridized carbons (Fsp3) is 0.600. The van der Waals surface area contributed by atoms with E-state index >= 15 is 0 Å². The van der Waals surface area contributed by atoms with Crippen LogP contribution < -0.4 is 5.32 Å². The maximum atomic E-state index is 6.21. The van der Waals surface area contributed by atoms with Crippen molar-refractivity contribution in [2.24, 2.45) is 5.92 Å². The quantitative estimate of drug-likeness (QED) is 0.920. The minimum Gasteiger partial charge on any atom is -0.384 e. The van der Waals surface area contributed by atoms with Gasteiger partial charge in [-0.3, -0.25) is 0 Å². The lowest BCUT2D eigenvalue weighted by molar-refractivity contribution is 0.0889. The number of halogens is 2. The van der Waals surface area contributed by atoms with Crippen molar-refractivity contribution in [1.29, 1.82) is 0 Å². The first kappa shape index (κ1) is 13.7. The van der Waals surface area contributed by atoms with Gasteiger partial charge in [0.25, 0.3) is 0 Å². The second-order valence-electron chi connectivity index (χ2n) is 5.79. The Bertz CT molecular complexity index is 479. The molecule has 1 saturated heterocycles. The predicted molar refractivity (Wildman–Crippen MR) is 79.1 cm³/mol. The molecule has 19 heavy (non-hydrogen) atoms. The number of methoxy groups -OCH3 is 1. The van der Waals surface area contributed by atoms with Crippen molar-refractivity contribution in [2.45, 2.75) is 30.7 Å². The van der Waals surface area contributed by atoms with Crippen LogP contribution in [-0.2, 0) is 10.2 Å². The zero-order valence-electron chi connectivity index (χ0n) is 11.1. The molecule has 1 aliphatic heterocycles. The minimum absolute atomic E-state index is 0.208. The number of piperidine rings is 1. The maximum absolute atomic E-state index is 6.21. The highest BCUT2D eigenvalue weighted by Crippen LogP contribution is 2.50. The fourth-order valence-corrected chi connectivity index (χ4v) is 4.15. The van der Waals surface area contributed by atoms with E-state index in [2.05, 4.69) is 17.4 Å². The van der Waals surface area contributed by atoms with Crippen LogP contribution in [0, 0.1) is 5.92 Å². The SMILES string of the molecule is COC[C@H]1CN[C@@H]2CC[C@@]1(c1ccc(Cl)c(Cl)c1)C2. The van der Waals surface area contributed by atoms with Crippen LogP contribution in [0.3, 0.4) is 0 Å². The van der Waals surface area contributed by atoms with Crippen LogP contribution in [0.5, 0.6) is 0 Å². The van der Waals surface area contributed by atoms with Gasteiger partial charge < -0.3 is 10.1 Å². The van der Waals surface area contributed by atoms with Gasteiger partial charge in [-0.25, -0.2) is 0 Å². The average Bonchev–Trinajstić information content (AvgIpc) is 2.76. The van der Waals surface area contributed by atoms with Gasteiger partial charge in [0, 0.05) is 31.0 Å². The molecule has 1 aromatic rings. The van der Waals surface area contributed by atoms with E-state index in [1.54, 1.807) is 7.11 Å². The van der Waals surface area contributed by atoms with Crippen LogP contribution >= 0.6 is 23.2 Å². The van der Waals surface area contributed by atoms with Gasteiger partial charge in [-0.15, -0.1) is 0 Å². The van der Waals surface area contributed by atoms with Gasteiger partial charge >= 0.3 is 0 Å². The molecule has 1 N–H and O–H groups in total. The summed E-state index contributed by atoms with van der Waals surface area (Å²) in [6.45, 7) is 1.82. The second-order valence-corrected chi connectivity index (χ2v) is 6.60. The molecule has 0 amide bonds. The summed E-state index contributed by atoms with van der Waals surface area (Å²) in [5, 5.41) is 4.92. The van der Waals surface area contributed by atoms with Crippen LogP contribution in [0.1, 0.15) is 24.8 Å². The third-order valence-corrected chi connectivity index (χ3v) is 5.59. The van der Waals surface area contributed by atoms with E-state index < -0.39 is 0 Å². The van der Waals surface area contributed by atoms with E-state index in [1.807, 2.05) is 6.07 Å². The lowest BCUT2D eigenvalue weighted by Crippen LogP contribution is -2.48. The van der Waals surface area contributed by atoms with E-state index in [1.165, 1.54) is 24.8 Å². The number of nitrogens with one attached hydrogen (secondary N) is 1. The number of hydrogen-bond acceptors (Lipinski definition) is 2. The molecule has 0 radical (unpaired) electrons. The summed E-state index contributed by atoms with van der Waals surface area (Å²) in [4.78, 5) is 0. The zero-order chi connectivity index (χ0) is 13.5.